The molecule has 0 spiro atoms. The van der Waals surface area contributed by atoms with Crippen LogP contribution >= 0.6 is 11.3 Å². The number of nitrogens with zero attached hydrogens (tertiary/aromatic N) is 3. The number of pyridine rings is 2. The number of aromatic nitrogens is 3. The zero-order valence-electron chi connectivity index (χ0n) is 18.0. The second-order valence-electron chi connectivity index (χ2n) is 6.90. The first-order valence-corrected chi connectivity index (χ1v) is 10.8. The number of Topliss-reactive ketones (excluding diaryl/α,β-unsaturated/α-hetero) is 1. The van der Waals surface area contributed by atoms with E-state index in [1.807, 2.05) is 0 Å². The van der Waals surface area contributed by atoms with Gasteiger partial charge in [0, 0.05) is 42.4 Å². The third-order valence-corrected chi connectivity index (χ3v) is 5.24. The largest absolute Gasteiger partial charge is 0.434 e. The normalized spacial score (nSPS) is 11.1. The van der Waals surface area contributed by atoms with Crippen LogP contribution in [0.4, 0.5) is 23.8 Å². The number of anilines is 1. The summed E-state index contributed by atoms with van der Waals surface area (Å²) in [5.74, 6) is -0.727. The molecule has 3 amide bonds. The molecule has 0 aliphatic rings. The van der Waals surface area contributed by atoms with E-state index in [4.69, 9.17) is 0 Å². The average molecular weight is 492 g/mol. The van der Waals surface area contributed by atoms with Crippen LogP contribution in [0.25, 0.3) is 21.7 Å². The Kier molecular flexibility index (Phi) is 7.56. The van der Waals surface area contributed by atoms with Crippen molar-refractivity contribution >= 4 is 34.9 Å². The number of halogens is 3. The summed E-state index contributed by atoms with van der Waals surface area (Å²) >= 11 is 0.781. The fraction of sp³-hybridized carbons (Fsp3) is 0.238. The summed E-state index contributed by atoms with van der Waals surface area (Å²) in [6.07, 6.45) is -1.89. The predicted molar refractivity (Wildman–Crippen MR) is 119 cm³/mol. The summed E-state index contributed by atoms with van der Waals surface area (Å²) in [4.78, 5) is 47.2. The zero-order chi connectivity index (χ0) is 24.9. The minimum Gasteiger partial charge on any atom is -0.349 e. The minimum absolute atomic E-state index is 0.0478. The lowest BCUT2D eigenvalue weighted by Gasteiger charge is -2.12. The third kappa shape index (κ3) is 6.13. The smallest absolute Gasteiger partial charge is 0.349 e. The quantitative estimate of drug-likeness (QED) is 0.432. The number of urea groups is 1. The highest BCUT2D eigenvalue weighted by atomic mass is 32.1. The van der Waals surface area contributed by atoms with Crippen molar-refractivity contribution in [1.29, 1.82) is 0 Å². The van der Waals surface area contributed by atoms with E-state index in [0.29, 0.717) is 17.7 Å². The number of hydrogen-bond acceptors (Lipinski definition) is 7. The van der Waals surface area contributed by atoms with E-state index >= 15 is 0 Å². The van der Waals surface area contributed by atoms with Gasteiger partial charge in [-0.25, -0.2) is 14.8 Å². The van der Waals surface area contributed by atoms with Gasteiger partial charge in [0.05, 0.1) is 6.54 Å². The fourth-order valence-corrected chi connectivity index (χ4v) is 3.68. The predicted octanol–water partition coefficient (Wildman–Crippen LogP) is 3.75. The van der Waals surface area contributed by atoms with Gasteiger partial charge in [0.2, 0.25) is 5.91 Å². The van der Waals surface area contributed by atoms with Crippen LogP contribution in [0.2, 0.25) is 0 Å². The van der Waals surface area contributed by atoms with Gasteiger partial charge in [-0.3, -0.25) is 19.9 Å². The van der Waals surface area contributed by atoms with Gasteiger partial charge in [0.15, 0.2) is 11.5 Å². The monoisotopic (exact) mass is 492 g/mol. The van der Waals surface area contributed by atoms with Crippen LogP contribution in [-0.4, -0.2) is 45.8 Å². The number of nitrogens with one attached hydrogen (secondary N) is 3. The summed E-state index contributed by atoms with van der Waals surface area (Å²) in [6.45, 7) is 3.11. The maximum atomic E-state index is 13.1. The molecular formula is C21H19F3N6O3S. The van der Waals surface area contributed by atoms with E-state index < -0.39 is 23.7 Å². The van der Waals surface area contributed by atoms with Gasteiger partial charge in [0.1, 0.15) is 16.5 Å². The Morgan fingerprint density at radius 1 is 1.09 bits per heavy atom. The third-order valence-electron chi connectivity index (χ3n) is 4.36. The Morgan fingerprint density at radius 3 is 2.50 bits per heavy atom. The number of carbonyl (C=O) groups is 3. The molecule has 0 unspecified atom stereocenters. The Balaban J connectivity index is 2.05. The first-order valence-electron chi connectivity index (χ1n) is 9.90. The van der Waals surface area contributed by atoms with Crippen LogP contribution < -0.4 is 16.0 Å². The van der Waals surface area contributed by atoms with Crippen molar-refractivity contribution in [2.24, 2.45) is 0 Å². The molecular weight excluding hydrogens is 473 g/mol. The summed E-state index contributed by atoms with van der Waals surface area (Å²) in [6, 6.07) is 3.88. The summed E-state index contributed by atoms with van der Waals surface area (Å²) in [7, 11) is 0. The second-order valence-corrected chi connectivity index (χ2v) is 7.76. The summed E-state index contributed by atoms with van der Waals surface area (Å²) < 4.78 is 39.4. The molecule has 178 valence electrons. The molecule has 3 heterocycles. The molecule has 0 aromatic carbocycles. The maximum absolute atomic E-state index is 13.1. The standard InChI is InChI=1S/C21H19F3N6O3S/c1-3-25-20(33)30-18-7-13(19-29-17(10-34-19)21(22,23)24)14(8-28-18)12-4-5-26-15(6-12)16(32)9-27-11(2)31/h4-8,10H,3,9H2,1-2H3,(H,27,31)(H2,25,28,30,33). The number of thiazole rings is 1. The van der Waals surface area contributed by atoms with Crippen molar-refractivity contribution in [2.45, 2.75) is 20.0 Å². The van der Waals surface area contributed by atoms with Crippen LogP contribution in [0, 0.1) is 0 Å². The van der Waals surface area contributed by atoms with Crippen LogP contribution in [-0.2, 0) is 11.0 Å². The number of alkyl halides is 3. The molecule has 0 saturated heterocycles. The highest BCUT2D eigenvalue weighted by molar-refractivity contribution is 7.13. The number of rotatable bonds is 7. The fourth-order valence-electron chi connectivity index (χ4n) is 2.83. The van der Waals surface area contributed by atoms with Gasteiger partial charge < -0.3 is 10.6 Å². The van der Waals surface area contributed by atoms with E-state index in [-0.39, 0.29) is 34.5 Å². The minimum atomic E-state index is -4.62. The summed E-state index contributed by atoms with van der Waals surface area (Å²) in [5.41, 5.74) is 0.0949. The van der Waals surface area contributed by atoms with Crippen LogP contribution in [0.1, 0.15) is 30.0 Å². The Bertz CT molecular complexity index is 1230. The molecule has 3 rings (SSSR count). The molecule has 3 aromatic rings. The number of hydrogen-bond donors (Lipinski definition) is 3. The van der Waals surface area contributed by atoms with Gasteiger partial charge in [-0.2, -0.15) is 13.2 Å². The molecule has 13 heteroatoms. The lowest BCUT2D eigenvalue weighted by Crippen LogP contribution is -2.28. The van der Waals surface area contributed by atoms with Crippen molar-refractivity contribution in [3.8, 4) is 21.7 Å². The van der Waals surface area contributed by atoms with Gasteiger partial charge in [0.25, 0.3) is 0 Å². The molecule has 0 saturated carbocycles. The van der Waals surface area contributed by atoms with Crippen LogP contribution in [0.15, 0.2) is 36.0 Å². The second kappa shape index (κ2) is 10.4. The maximum Gasteiger partial charge on any atom is 0.434 e. The molecule has 3 N–H and O–H groups in total. The highest BCUT2D eigenvalue weighted by Crippen LogP contribution is 2.38. The topological polar surface area (TPSA) is 126 Å². The molecule has 34 heavy (non-hydrogen) atoms. The molecule has 3 aromatic heterocycles. The van der Waals surface area contributed by atoms with E-state index in [9.17, 15) is 27.6 Å². The number of carbonyl (C=O) groups excluding carboxylic acids is 3. The van der Waals surface area contributed by atoms with Gasteiger partial charge in [-0.05, 0) is 30.7 Å². The van der Waals surface area contributed by atoms with E-state index in [1.165, 1.54) is 31.5 Å². The summed E-state index contributed by atoms with van der Waals surface area (Å²) in [5, 5.41) is 8.38. The lowest BCUT2D eigenvalue weighted by molar-refractivity contribution is -0.140. The molecule has 0 fully saturated rings. The molecule has 9 nitrogen and oxygen atoms in total. The first kappa shape index (κ1) is 24.8. The van der Waals surface area contributed by atoms with E-state index in [0.717, 1.165) is 16.7 Å². The highest BCUT2D eigenvalue weighted by Gasteiger charge is 2.34. The van der Waals surface area contributed by atoms with Crippen molar-refractivity contribution < 1.29 is 27.6 Å². The Morgan fingerprint density at radius 2 is 1.85 bits per heavy atom. The Hall–Kier alpha value is -3.87. The van der Waals surface area contributed by atoms with Gasteiger partial charge >= 0.3 is 12.2 Å². The van der Waals surface area contributed by atoms with Crippen molar-refractivity contribution in [1.82, 2.24) is 25.6 Å². The molecule has 0 atom stereocenters. The molecule has 0 aliphatic heterocycles. The van der Waals surface area contributed by atoms with Crippen molar-refractivity contribution in [3.05, 3.63) is 47.4 Å². The molecule has 0 bridgehead atoms. The molecule has 0 radical (unpaired) electrons. The first-order chi connectivity index (χ1) is 16.1. The van der Waals surface area contributed by atoms with E-state index in [2.05, 4.69) is 30.9 Å². The van der Waals surface area contributed by atoms with Gasteiger partial charge in [-0.1, -0.05) is 0 Å². The molecule has 0 aliphatic carbocycles. The number of ketones is 1. The average Bonchev–Trinajstić information content (AvgIpc) is 3.28. The van der Waals surface area contributed by atoms with Gasteiger partial charge in [-0.15, -0.1) is 11.3 Å². The van der Waals surface area contributed by atoms with Crippen LogP contribution in [0.3, 0.4) is 0 Å². The zero-order valence-corrected chi connectivity index (χ0v) is 18.8. The van der Waals surface area contributed by atoms with Crippen LogP contribution in [0.5, 0.6) is 0 Å². The van der Waals surface area contributed by atoms with Crippen molar-refractivity contribution in [2.75, 3.05) is 18.4 Å². The SMILES string of the molecule is CCNC(=O)Nc1cc(-c2nc(C(F)(F)F)cs2)c(-c2ccnc(C(=O)CNC(C)=O)c2)cn1. The number of amides is 3. The van der Waals surface area contributed by atoms with E-state index in [1.54, 1.807) is 13.0 Å². The van der Waals surface area contributed by atoms with Crippen molar-refractivity contribution in [3.63, 3.8) is 0 Å². The Labute approximate surface area is 195 Å². The lowest BCUT2D eigenvalue weighted by atomic mass is 10.0.